The Labute approximate surface area is 104 Å². The summed E-state index contributed by atoms with van der Waals surface area (Å²) in [5, 5.41) is 9.06. The largest absolute Gasteiger partial charge is 0.396 e. The normalized spacial score (nSPS) is 20.6. The third-order valence-electron chi connectivity index (χ3n) is 3.76. The van der Waals surface area contributed by atoms with Gasteiger partial charge in [-0.2, -0.15) is 0 Å². The lowest BCUT2D eigenvalue weighted by Gasteiger charge is -2.35. The molecule has 1 aromatic carbocycles. The van der Waals surface area contributed by atoms with E-state index >= 15 is 0 Å². The second-order valence-corrected chi connectivity index (χ2v) is 5.26. The van der Waals surface area contributed by atoms with Crippen molar-refractivity contribution in [3.63, 3.8) is 0 Å². The summed E-state index contributed by atoms with van der Waals surface area (Å²) < 4.78 is 0. The highest BCUT2D eigenvalue weighted by Crippen LogP contribution is 2.28. The lowest BCUT2D eigenvalue weighted by Crippen LogP contribution is -2.36. The van der Waals surface area contributed by atoms with Crippen molar-refractivity contribution < 1.29 is 5.11 Å². The summed E-state index contributed by atoms with van der Waals surface area (Å²) in [5.74, 6) is 0.661. The van der Waals surface area contributed by atoms with Crippen LogP contribution in [0.4, 0.5) is 5.69 Å². The van der Waals surface area contributed by atoms with E-state index in [1.165, 1.54) is 29.7 Å². The van der Waals surface area contributed by atoms with Crippen LogP contribution in [0, 0.1) is 19.8 Å². The van der Waals surface area contributed by atoms with Gasteiger partial charge in [0, 0.05) is 25.4 Å². The molecule has 0 radical (unpaired) electrons. The molecule has 0 amide bonds. The van der Waals surface area contributed by atoms with E-state index in [1.807, 2.05) is 0 Å². The molecule has 1 heterocycles. The van der Waals surface area contributed by atoms with Crippen molar-refractivity contribution in [2.24, 2.45) is 5.92 Å². The van der Waals surface area contributed by atoms with Crippen molar-refractivity contribution in [1.82, 2.24) is 0 Å². The maximum atomic E-state index is 9.06. The van der Waals surface area contributed by atoms with E-state index in [-0.39, 0.29) is 0 Å². The zero-order valence-electron chi connectivity index (χ0n) is 10.9. The third kappa shape index (κ3) is 3.01. The van der Waals surface area contributed by atoms with Gasteiger partial charge in [0.25, 0.3) is 0 Å². The second kappa shape index (κ2) is 5.54. The minimum Gasteiger partial charge on any atom is -0.396 e. The third-order valence-corrected chi connectivity index (χ3v) is 3.76. The van der Waals surface area contributed by atoms with Crippen molar-refractivity contribution in [3.8, 4) is 0 Å². The number of aliphatic hydroxyl groups is 1. The van der Waals surface area contributed by atoms with Crippen LogP contribution in [-0.2, 0) is 0 Å². The number of anilines is 1. The number of nitrogens with zero attached hydrogens (tertiary/aromatic N) is 1. The minimum atomic E-state index is 0.325. The molecule has 1 unspecified atom stereocenters. The van der Waals surface area contributed by atoms with E-state index in [9.17, 15) is 0 Å². The van der Waals surface area contributed by atoms with Gasteiger partial charge < -0.3 is 10.0 Å². The first kappa shape index (κ1) is 12.4. The lowest BCUT2D eigenvalue weighted by atomic mass is 9.94. The first-order chi connectivity index (χ1) is 8.20. The van der Waals surface area contributed by atoms with Crippen molar-refractivity contribution in [1.29, 1.82) is 0 Å². The van der Waals surface area contributed by atoms with Gasteiger partial charge in [0.1, 0.15) is 0 Å². The smallest absolute Gasteiger partial charge is 0.0434 e. The Balaban J connectivity index is 2.13. The van der Waals surface area contributed by atoms with Crippen LogP contribution >= 0.6 is 0 Å². The molecule has 17 heavy (non-hydrogen) atoms. The van der Waals surface area contributed by atoms with Crippen LogP contribution in [-0.4, -0.2) is 24.8 Å². The predicted octanol–water partition coefficient (Wildman–Crippen LogP) is 2.90. The minimum absolute atomic E-state index is 0.325. The number of aliphatic hydroxyl groups excluding tert-OH is 1. The summed E-state index contributed by atoms with van der Waals surface area (Å²) >= 11 is 0. The Morgan fingerprint density at radius 2 is 2.18 bits per heavy atom. The van der Waals surface area contributed by atoms with E-state index in [2.05, 4.69) is 36.9 Å². The fourth-order valence-corrected chi connectivity index (χ4v) is 2.76. The molecule has 0 spiro atoms. The van der Waals surface area contributed by atoms with Gasteiger partial charge in [0.15, 0.2) is 0 Å². The van der Waals surface area contributed by atoms with E-state index in [4.69, 9.17) is 5.11 Å². The Morgan fingerprint density at radius 3 is 2.94 bits per heavy atom. The molecule has 1 fully saturated rings. The summed E-state index contributed by atoms with van der Waals surface area (Å²) in [4.78, 5) is 2.49. The van der Waals surface area contributed by atoms with Gasteiger partial charge in [-0.25, -0.2) is 0 Å². The highest BCUT2D eigenvalue weighted by atomic mass is 16.3. The standard InChI is InChI=1S/C15H23NO/c1-12-5-6-13(2)15(10-12)16-8-3-4-14(11-16)7-9-17/h5-6,10,14,17H,3-4,7-9,11H2,1-2H3. The lowest BCUT2D eigenvalue weighted by molar-refractivity contribution is 0.244. The summed E-state index contributed by atoms with van der Waals surface area (Å²) in [6.07, 6.45) is 3.46. The Morgan fingerprint density at radius 1 is 1.35 bits per heavy atom. The molecule has 2 rings (SSSR count). The SMILES string of the molecule is Cc1ccc(C)c(N2CCCC(CCO)C2)c1. The van der Waals surface area contributed by atoms with Gasteiger partial charge in [-0.1, -0.05) is 12.1 Å². The number of hydrogen-bond donors (Lipinski definition) is 1. The van der Waals surface area contributed by atoms with Crippen molar-refractivity contribution in [2.45, 2.75) is 33.1 Å². The highest BCUT2D eigenvalue weighted by Gasteiger charge is 2.20. The van der Waals surface area contributed by atoms with Crippen LogP contribution in [0.1, 0.15) is 30.4 Å². The van der Waals surface area contributed by atoms with Crippen molar-refractivity contribution in [2.75, 3.05) is 24.6 Å². The number of hydrogen-bond acceptors (Lipinski definition) is 2. The van der Waals surface area contributed by atoms with Crippen LogP contribution < -0.4 is 4.90 Å². The fourth-order valence-electron chi connectivity index (χ4n) is 2.76. The molecule has 1 aromatic rings. The molecule has 1 aliphatic heterocycles. The van der Waals surface area contributed by atoms with Gasteiger partial charge in [0.2, 0.25) is 0 Å². The number of piperidine rings is 1. The van der Waals surface area contributed by atoms with E-state index in [0.29, 0.717) is 12.5 Å². The first-order valence-electron chi connectivity index (χ1n) is 6.64. The molecule has 1 atom stereocenters. The maximum Gasteiger partial charge on any atom is 0.0434 e. The average molecular weight is 233 g/mol. The monoisotopic (exact) mass is 233 g/mol. The summed E-state index contributed by atoms with van der Waals surface area (Å²) in [6, 6.07) is 6.67. The molecule has 0 aromatic heterocycles. The highest BCUT2D eigenvalue weighted by molar-refractivity contribution is 5.55. The number of aryl methyl sites for hydroxylation is 2. The van der Waals surface area contributed by atoms with Gasteiger partial charge >= 0.3 is 0 Å². The molecule has 1 N–H and O–H groups in total. The molecule has 1 saturated heterocycles. The van der Waals surface area contributed by atoms with Crippen molar-refractivity contribution in [3.05, 3.63) is 29.3 Å². The summed E-state index contributed by atoms with van der Waals surface area (Å²) in [7, 11) is 0. The Hall–Kier alpha value is -1.02. The molecule has 2 heteroatoms. The molecule has 0 aliphatic carbocycles. The Bertz CT molecular complexity index is 373. The van der Waals surface area contributed by atoms with Crippen molar-refractivity contribution >= 4 is 5.69 Å². The average Bonchev–Trinajstić information content (AvgIpc) is 2.33. The first-order valence-corrected chi connectivity index (χ1v) is 6.64. The molecule has 1 aliphatic rings. The molecular weight excluding hydrogens is 210 g/mol. The van der Waals surface area contributed by atoms with Gasteiger partial charge in [-0.15, -0.1) is 0 Å². The zero-order valence-corrected chi connectivity index (χ0v) is 10.9. The van der Waals surface area contributed by atoms with E-state index in [0.717, 1.165) is 19.5 Å². The van der Waals surface area contributed by atoms with E-state index < -0.39 is 0 Å². The molecule has 0 bridgehead atoms. The molecule has 0 saturated carbocycles. The Kier molecular flexibility index (Phi) is 4.06. The van der Waals surface area contributed by atoms with Gasteiger partial charge in [-0.3, -0.25) is 0 Å². The predicted molar refractivity (Wildman–Crippen MR) is 72.6 cm³/mol. The molecule has 94 valence electrons. The maximum absolute atomic E-state index is 9.06. The number of benzene rings is 1. The van der Waals surface area contributed by atoms with Crippen LogP contribution in [0.5, 0.6) is 0 Å². The summed E-state index contributed by atoms with van der Waals surface area (Å²) in [5.41, 5.74) is 4.07. The molecule has 2 nitrogen and oxygen atoms in total. The fraction of sp³-hybridized carbons (Fsp3) is 0.600. The van der Waals surface area contributed by atoms with Crippen LogP contribution in [0.2, 0.25) is 0 Å². The number of rotatable bonds is 3. The quantitative estimate of drug-likeness (QED) is 0.867. The summed E-state index contributed by atoms with van der Waals surface area (Å²) in [6.45, 7) is 6.92. The van der Waals surface area contributed by atoms with Crippen LogP contribution in [0.25, 0.3) is 0 Å². The van der Waals surface area contributed by atoms with Gasteiger partial charge in [-0.05, 0) is 56.2 Å². The van der Waals surface area contributed by atoms with Crippen LogP contribution in [0.3, 0.4) is 0 Å². The zero-order chi connectivity index (χ0) is 12.3. The molecular formula is C15H23NO. The van der Waals surface area contributed by atoms with Gasteiger partial charge in [0.05, 0.1) is 0 Å². The topological polar surface area (TPSA) is 23.5 Å². The van der Waals surface area contributed by atoms with Crippen LogP contribution in [0.15, 0.2) is 18.2 Å². The second-order valence-electron chi connectivity index (χ2n) is 5.26. The van der Waals surface area contributed by atoms with E-state index in [1.54, 1.807) is 0 Å².